The Kier molecular flexibility index (Phi) is 5.52. The first-order valence-electron chi connectivity index (χ1n) is 8.48. The summed E-state index contributed by atoms with van der Waals surface area (Å²) in [7, 11) is 0. The van der Waals surface area contributed by atoms with Crippen molar-refractivity contribution < 1.29 is 9.53 Å². The first-order valence-corrected chi connectivity index (χ1v) is 9.29. The van der Waals surface area contributed by atoms with Crippen LogP contribution in [-0.4, -0.2) is 12.5 Å². The number of carbonyl (C=O) groups is 1. The van der Waals surface area contributed by atoms with E-state index in [-0.39, 0.29) is 5.91 Å². The third-order valence-corrected chi connectivity index (χ3v) is 5.35. The van der Waals surface area contributed by atoms with Gasteiger partial charge in [-0.3, -0.25) is 4.79 Å². The second-order valence-corrected chi connectivity index (χ2v) is 6.96. The molecule has 4 nitrogen and oxygen atoms in total. The summed E-state index contributed by atoms with van der Waals surface area (Å²) in [5.41, 5.74) is 2.69. The summed E-state index contributed by atoms with van der Waals surface area (Å²) in [5, 5.41) is 13.0. The number of fused-ring (bicyclic) bond motifs is 1. The molecule has 1 aliphatic rings. The van der Waals surface area contributed by atoms with Crippen LogP contribution in [0.15, 0.2) is 30.3 Å². The molecule has 0 radical (unpaired) electrons. The van der Waals surface area contributed by atoms with E-state index in [1.54, 1.807) is 6.08 Å². The van der Waals surface area contributed by atoms with Crippen molar-refractivity contribution in [1.82, 2.24) is 0 Å². The van der Waals surface area contributed by atoms with Gasteiger partial charge in [-0.1, -0.05) is 12.1 Å². The Morgan fingerprint density at radius 1 is 1.32 bits per heavy atom. The normalized spacial score (nSPS) is 13.3. The molecule has 1 aliphatic carbocycles. The number of rotatable bonds is 5. The van der Waals surface area contributed by atoms with Gasteiger partial charge in [0.15, 0.2) is 0 Å². The second kappa shape index (κ2) is 8.00. The van der Waals surface area contributed by atoms with E-state index in [4.69, 9.17) is 4.74 Å². The second-order valence-electron chi connectivity index (χ2n) is 5.85. The molecule has 0 bridgehead atoms. The van der Waals surface area contributed by atoms with Crippen LogP contribution in [0.1, 0.15) is 41.3 Å². The van der Waals surface area contributed by atoms with Gasteiger partial charge in [-0.25, -0.2) is 0 Å². The summed E-state index contributed by atoms with van der Waals surface area (Å²) in [4.78, 5) is 13.5. The number of nitrogens with zero attached hydrogens (tertiary/aromatic N) is 1. The van der Waals surface area contributed by atoms with E-state index in [2.05, 4.69) is 11.4 Å². The quantitative estimate of drug-likeness (QED) is 0.803. The molecule has 1 aromatic heterocycles. The monoisotopic (exact) mass is 352 g/mol. The largest absolute Gasteiger partial charge is 0.494 e. The number of anilines is 1. The van der Waals surface area contributed by atoms with Crippen molar-refractivity contribution in [1.29, 1.82) is 5.26 Å². The summed E-state index contributed by atoms with van der Waals surface area (Å²) in [5.74, 6) is 0.593. The van der Waals surface area contributed by atoms with Crippen LogP contribution < -0.4 is 10.1 Å². The minimum Gasteiger partial charge on any atom is -0.494 e. The first kappa shape index (κ1) is 17.2. The number of hydrogen-bond donors (Lipinski definition) is 1. The zero-order chi connectivity index (χ0) is 17.6. The fraction of sp³-hybridized carbons (Fsp3) is 0.300. The van der Waals surface area contributed by atoms with Gasteiger partial charge in [0.05, 0.1) is 12.2 Å². The van der Waals surface area contributed by atoms with Gasteiger partial charge in [0.2, 0.25) is 5.91 Å². The molecule has 0 spiro atoms. The SMILES string of the molecule is CCOc1ccc(/C=C/C(=O)Nc2sc3c(c2C#N)CCCC3)cc1. The number of aryl methyl sites for hydroxylation is 1. The van der Waals surface area contributed by atoms with Crippen LogP contribution in [0.5, 0.6) is 5.75 Å². The Morgan fingerprint density at radius 3 is 2.80 bits per heavy atom. The van der Waals surface area contributed by atoms with Gasteiger partial charge in [0.25, 0.3) is 0 Å². The van der Waals surface area contributed by atoms with Crippen LogP contribution in [0.3, 0.4) is 0 Å². The first-order chi connectivity index (χ1) is 12.2. The van der Waals surface area contributed by atoms with E-state index in [0.717, 1.165) is 42.6 Å². The highest BCUT2D eigenvalue weighted by Crippen LogP contribution is 2.37. The molecule has 25 heavy (non-hydrogen) atoms. The lowest BCUT2D eigenvalue weighted by Crippen LogP contribution is -2.07. The van der Waals surface area contributed by atoms with Gasteiger partial charge in [0.1, 0.15) is 16.8 Å². The highest BCUT2D eigenvalue weighted by atomic mass is 32.1. The van der Waals surface area contributed by atoms with Crippen molar-refractivity contribution >= 4 is 28.3 Å². The molecule has 1 amide bonds. The van der Waals surface area contributed by atoms with Crippen molar-refractivity contribution in [3.8, 4) is 11.8 Å². The summed E-state index contributed by atoms with van der Waals surface area (Å²) in [6.45, 7) is 2.57. The molecule has 2 aromatic rings. The zero-order valence-electron chi connectivity index (χ0n) is 14.2. The molecule has 0 saturated carbocycles. The molecule has 0 unspecified atom stereocenters. The molecular weight excluding hydrogens is 332 g/mol. The number of thiophene rings is 1. The maximum atomic E-state index is 12.2. The molecule has 3 rings (SSSR count). The third kappa shape index (κ3) is 4.09. The number of carbonyl (C=O) groups excluding carboxylic acids is 1. The average Bonchev–Trinajstić information content (AvgIpc) is 2.98. The van der Waals surface area contributed by atoms with E-state index in [9.17, 15) is 10.1 Å². The predicted octanol–water partition coefficient (Wildman–Crippen LogP) is 4.55. The van der Waals surface area contributed by atoms with Gasteiger partial charge in [-0.05, 0) is 61.9 Å². The highest BCUT2D eigenvalue weighted by molar-refractivity contribution is 7.16. The van der Waals surface area contributed by atoms with Crippen molar-refractivity contribution in [2.24, 2.45) is 0 Å². The van der Waals surface area contributed by atoms with Gasteiger partial charge in [-0.2, -0.15) is 5.26 Å². The van der Waals surface area contributed by atoms with Crippen molar-refractivity contribution in [2.45, 2.75) is 32.6 Å². The van der Waals surface area contributed by atoms with Crippen LogP contribution >= 0.6 is 11.3 Å². The summed E-state index contributed by atoms with van der Waals surface area (Å²) in [6.07, 6.45) is 7.46. The molecule has 1 aromatic carbocycles. The average molecular weight is 352 g/mol. The van der Waals surface area contributed by atoms with Crippen LogP contribution in [-0.2, 0) is 17.6 Å². The Hall–Kier alpha value is -2.58. The fourth-order valence-corrected chi connectivity index (χ4v) is 4.18. The van der Waals surface area contributed by atoms with Crippen molar-refractivity contribution in [2.75, 3.05) is 11.9 Å². The maximum Gasteiger partial charge on any atom is 0.249 e. The smallest absolute Gasteiger partial charge is 0.249 e. The lowest BCUT2D eigenvalue weighted by molar-refractivity contribution is -0.111. The van der Waals surface area contributed by atoms with Gasteiger partial charge in [-0.15, -0.1) is 11.3 Å². The maximum absolute atomic E-state index is 12.2. The molecule has 0 saturated heterocycles. The van der Waals surface area contributed by atoms with Crippen LogP contribution in [0, 0.1) is 11.3 Å². The molecule has 128 valence electrons. The van der Waals surface area contributed by atoms with Crippen LogP contribution in [0.25, 0.3) is 6.08 Å². The molecule has 0 fully saturated rings. The molecule has 0 atom stereocenters. The zero-order valence-corrected chi connectivity index (χ0v) is 15.0. The molecule has 1 heterocycles. The van der Waals surface area contributed by atoms with E-state index in [1.807, 2.05) is 31.2 Å². The lowest BCUT2D eigenvalue weighted by Gasteiger charge is -2.09. The van der Waals surface area contributed by atoms with E-state index >= 15 is 0 Å². The van der Waals surface area contributed by atoms with Gasteiger partial charge in [0, 0.05) is 11.0 Å². The number of hydrogen-bond acceptors (Lipinski definition) is 4. The molecular formula is C20H20N2O2S. The molecule has 5 heteroatoms. The Morgan fingerprint density at radius 2 is 2.08 bits per heavy atom. The van der Waals surface area contributed by atoms with E-state index < -0.39 is 0 Å². The Balaban J connectivity index is 1.68. The summed E-state index contributed by atoms with van der Waals surface area (Å²) < 4.78 is 5.40. The Bertz CT molecular complexity index is 829. The number of nitriles is 1. The summed E-state index contributed by atoms with van der Waals surface area (Å²) >= 11 is 1.54. The van der Waals surface area contributed by atoms with Crippen LogP contribution in [0.4, 0.5) is 5.00 Å². The van der Waals surface area contributed by atoms with Crippen LogP contribution in [0.2, 0.25) is 0 Å². The van der Waals surface area contributed by atoms with Crippen molar-refractivity contribution in [3.05, 3.63) is 51.9 Å². The molecule has 0 aliphatic heterocycles. The Labute approximate surface area is 151 Å². The number of amides is 1. The lowest BCUT2D eigenvalue weighted by atomic mass is 9.96. The minimum absolute atomic E-state index is 0.219. The fourth-order valence-electron chi connectivity index (χ4n) is 2.94. The predicted molar refractivity (Wildman–Crippen MR) is 101 cm³/mol. The minimum atomic E-state index is -0.219. The van der Waals surface area contributed by atoms with Gasteiger partial charge < -0.3 is 10.1 Å². The standard InChI is InChI=1S/C20H20N2O2S/c1-2-24-15-10-7-14(8-11-15)9-12-19(23)22-20-17(13-21)16-5-3-4-6-18(16)25-20/h7-12H,2-6H2,1H3,(H,22,23)/b12-9+. The summed E-state index contributed by atoms with van der Waals surface area (Å²) in [6, 6.07) is 9.82. The van der Waals surface area contributed by atoms with E-state index in [0.29, 0.717) is 17.2 Å². The van der Waals surface area contributed by atoms with E-state index in [1.165, 1.54) is 22.3 Å². The number of ether oxygens (including phenoxy) is 1. The topological polar surface area (TPSA) is 62.1 Å². The highest BCUT2D eigenvalue weighted by Gasteiger charge is 2.21. The number of benzene rings is 1. The third-order valence-electron chi connectivity index (χ3n) is 4.14. The number of nitrogens with one attached hydrogen (secondary N) is 1. The molecule has 1 N–H and O–H groups in total. The van der Waals surface area contributed by atoms with Gasteiger partial charge >= 0.3 is 0 Å². The van der Waals surface area contributed by atoms with Crippen molar-refractivity contribution in [3.63, 3.8) is 0 Å².